The lowest BCUT2D eigenvalue weighted by Crippen LogP contribution is -2.49. The number of nitrogens with zero attached hydrogens (tertiary/aromatic N) is 3. The smallest absolute Gasteiger partial charge is 0.291 e. The van der Waals surface area contributed by atoms with Gasteiger partial charge in [-0.05, 0) is 43.7 Å². The molecule has 1 aromatic heterocycles. The van der Waals surface area contributed by atoms with Crippen LogP contribution in [-0.4, -0.2) is 57.4 Å². The van der Waals surface area contributed by atoms with Crippen LogP contribution in [0.4, 0.5) is 14.5 Å². The Bertz CT molecular complexity index is 1390. The highest BCUT2D eigenvalue weighted by molar-refractivity contribution is 6.02. The van der Waals surface area contributed by atoms with Gasteiger partial charge in [0.15, 0.2) is 0 Å². The van der Waals surface area contributed by atoms with Crippen LogP contribution in [0.25, 0.3) is 0 Å². The minimum atomic E-state index is -1.17. The summed E-state index contributed by atoms with van der Waals surface area (Å²) in [4.78, 5) is 31.2. The highest BCUT2D eigenvalue weighted by atomic mass is 19.1. The van der Waals surface area contributed by atoms with Gasteiger partial charge in [-0.2, -0.15) is 0 Å². The molecular weight excluding hydrogens is 472 g/mol. The summed E-state index contributed by atoms with van der Waals surface area (Å²) in [7, 11) is 1.55. The summed E-state index contributed by atoms with van der Waals surface area (Å²) in [6.07, 6.45) is -0.0331. The molecule has 36 heavy (non-hydrogen) atoms. The SMILES string of the molecule is CN1C(=O)[C@H](NC(=O)c2n[nH]c(Cc3ccc(F)cc3F)n2)COc2ccc(C#CC(C)(C)O)cc21. The third-order valence-electron chi connectivity index (χ3n) is 5.28. The van der Waals surface area contributed by atoms with Crippen LogP contribution in [0.15, 0.2) is 36.4 Å². The van der Waals surface area contributed by atoms with Crippen LogP contribution >= 0.6 is 0 Å². The number of aliphatic hydroxyl groups is 1. The minimum absolute atomic E-state index is 0.0331. The first-order valence-corrected chi connectivity index (χ1v) is 11.0. The summed E-state index contributed by atoms with van der Waals surface area (Å²) < 4.78 is 32.8. The molecule has 2 aromatic carbocycles. The predicted molar refractivity (Wildman–Crippen MR) is 125 cm³/mol. The van der Waals surface area contributed by atoms with E-state index in [1.807, 2.05) is 0 Å². The van der Waals surface area contributed by atoms with E-state index in [2.05, 4.69) is 32.3 Å². The summed E-state index contributed by atoms with van der Waals surface area (Å²) in [5, 5.41) is 18.8. The van der Waals surface area contributed by atoms with Crippen molar-refractivity contribution in [3.05, 3.63) is 70.8 Å². The molecule has 0 radical (unpaired) electrons. The second kappa shape index (κ2) is 9.75. The second-order valence-electron chi connectivity index (χ2n) is 8.74. The van der Waals surface area contributed by atoms with Crippen molar-refractivity contribution in [3.63, 3.8) is 0 Å². The predicted octanol–water partition coefficient (Wildman–Crippen LogP) is 1.95. The lowest BCUT2D eigenvalue weighted by molar-refractivity contribution is -0.120. The van der Waals surface area contributed by atoms with Gasteiger partial charge in [0, 0.05) is 25.1 Å². The minimum Gasteiger partial charge on any atom is -0.489 e. The Labute approximate surface area is 205 Å². The molecular formula is C25H23F2N5O4. The second-order valence-corrected chi connectivity index (χ2v) is 8.74. The Kier molecular flexibility index (Phi) is 6.72. The van der Waals surface area contributed by atoms with Gasteiger partial charge in [0.1, 0.15) is 41.5 Å². The van der Waals surface area contributed by atoms with Crippen molar-refractivity contribution < 1.29 is 28.2 Å². The fourth-order valence-corrected chi connectivity index (χ4v) is 3.45. The largest absolute Gasteiger partial charge is 0.489 e. The quantitative estimate of drug-likeness (QED) is 0.476. The number of carbonyl (C=O) groups excluding carboxylic acids is 2. The highest BCUT2D eigenvalue weighted by Gasteiger charge is 2.31. The average Bonchev–Trinajstić information content (AvgIpc) is 3.25. The average molecular weight is 495 g/mol. The van der Waals surface area contributed by atoms with Crippen LogP contribution < -0.4 is 15.0 Å². The topological polar surface area (TPSA) is 120 Å². The Morgan fingerprint density at radius 3 is 2.81 bits per heavy atom. The van der Waals surface area contributed by atoms with E-state index in [0.717, 1.165) is 12.1 Å². The molecule has 0 saturated heterocycles. The zero-order chi connectivity index (χ0) is 26.0. The lowest BCUT2D eigenvalue weighted by Gasteiger charge is -2.20. The number of carbonyl (C=O) groups is 2. The van der Waals surface area contributed by atoms with Gasteiger partial charge >= 0.3 is 0 Å². The Morgan fingerprint density at radius 1 is 1.31 bits per heavy atom. The molecule has 9 nitrogen and oxygen atoms in total. The zero-order valence-electron chi connectivity index (χ0n) is 19.7. The summed E-state index contributed by atoms with van der Waals surface area (Å²) in [6.45, 7) is 3.00. The van der Waals surface area contributed by atoms with Crippen molar-refractivity contribution >= 4 is 17.5 Å². The van der Waals surface area contributed by atoms with Gasteiger partial charge in [0.25, 0.3) is 11.8 Å². The number of likely N-dealkylation sites (N-methyl/N-ethyl adjacent to an activating group) is 1. The monoisotopic (exact) mass is 495 g/mol. The van der Waals surface area contributed by atoms with Gasteiger partial charge in [-0.25, -0.2) is 13.8 Å². The van der Waals surface area contributed by atoms with Gasteiger partial charge < -0.3 is 20.1 Å². The van der Waals surface area contributed by atoms with E-state index in [9.17, 15) is 23.5 Å². The maximum absolute atomic E-state index is 13.9. The van der Waals surface area contributed by atoms with E-state index in [1.54, 1.807) is 39.1 Å². The molecule has 11 heteroatoms. The Morgan fingerprint density at radius 2 is 2.08 bits per heavy atom. The van der Waals surface area contributed by atoms with Crippen molar-refractivity contribution in [3.8, 4) is 17.6 Å². The number of fused-ring (bicyclic) bond motifs is 1. The van der Waals surface area contributed by atoms with Crippen LogP contribution in [-0.2, 0) is 11.2 Å². The number of hydrogen-bond donors (Lipinski definition) is 3. The molecule has 3 aromatic rings. The van der Waals surface area contributed by atoms with Gasteiger partial charge in [0.2, 0.25) is 5.82 Å². The first-order valence-electron chi connectivity index (χ1n) is 11.0. The molecule has 0 bridgehead atoms. The van der Waals surface area contributed by atoms with E-state index in [0.29, 0.717) is 17.0 Å². The number of rotatable bonds is 4. The van der Waals surface area contributed by atoms with Gasteiger partial charge in [-0.15, -0.1) is 5.10 Å². The molecule has 0 unspecified atom stereocenters. The van der Waals surface area contributed by atoms with E-state index >= 15 is 0 Å². The third-order valence-corrected chi connectivity index (χ3v) is 5.28. The molecule has 186 valence electrons. The molecule has 0 saturated carbocycles. The van der Waals surface area contributed by atoms with E-state index in [-0.39, 0.29) is 30.2 Å². The standard InChI is InChI=1S/C25H23F2N5O4/c1-25(2,35)9-8-14-4-7-20-19(10-14)32(3)24(34)18(13-36-20)28-23(33)22-29-21(30-31-22)11-15-5-6-16(26)12-17(15)27/h4-7,10,12,18,35H,11,13H2,1-3H3,(H,28,33)(H,29,30,31)/t18-/m1/s1. The summed E-state index contributed by atoms with van der Waals surface area (Å²) in [5.41, 5.74) is 0.0411. The normalized spacial score (nSPS) is 15.3. The van der Waals surface area contributed by atoms with Crippen molar-refractivity contribution in [1.29, 1.82) is 0 Å². The first kappa shape index (κ1) is 24.8. The van der Waals surface area contributed by atoms with Gasteiger partial charge in [0.05, 0.1) is 5.69 Å². The molecule has 0 aliphatic carbocycles. The molecule has 1 atom stereocenters. The van der Waals surface area contributed by atoms with Crippen molar-refractivity contribution in [2.75, 3.05) is 18.6 Å². The number of halogens is 2. The van der Waals surface area contributed by atoms with Gasteiger partial charge in [-0.1, -0.05) is 17.9 Å². The fourth-order valence-electron chi connectivity index (χ4n) is 3.45. The molecule has 0 fully saturated rings. The summed E-state index contributed by atoms with van der Waals surface area (Å²) in [5.74, 6) is 3.35. The number of benzene rings is 2. The maximum Gasteiger partial charge on any atom is 0.291 e. The number of ether oxygens (including phenoxy) is 1. The number of H-pyrrole nitrogens is 1. The first-order chi connectivity index (χ1) is 17.0. The summed E-state index contributed by atoms with van der Waals surface area (Å²) in [6, 6.07) is 7.15. The van der Waals surface area contributed by atoms with Crippen LogP contribution in [0.1, 0.15) is 41.4 Å². The maximum atomic E-state index is 13.9. The van der Waals surface area contributed by atoms with Crippen LogP contribution in [0, 0.1) is 23.5 Å². The van der Waals surface area contributed by atoms with Crippen molar-refractivity contribution in [1.82, 2.24) is 20.5 Å². The summed E-state index contributed by atoms with van der Waals surface area (Å²) >= 11 is 0. The van der Waals surface area contributed by atoms with Crippen LogP contribution in [0.2, 0.25) is 0 Å². The van der Waals surface area contributed by atoms with E-state index in [1.165, 1.54) is 11.0 Å². The number of hydrogen-bond acceptors (Lipinski definition) is 6. The molecule has 2 heterocycles. The zero-order valence-corrected chi connectivity index (χ0v) is 19.7. The van der Waals surface area contributed by atoms with Crippen LogP contribution in [0.3, 0.4) is 0 Å². The van der Waals surface area contributed by atoms with Crippen LogP contribution in [0.5, 0.6) is 5.75 Å². The van der Waals surface area contributed by atoms with E-state index in [4.69, 9.17) is 4.74 Å². The van der Waals surface area contributed by atoms with Crippen molar-refractivity contribution in [2.24, 2.45) is 0 Å². The molecule has 3 N–H and O–H groups in total. The van der Waals surface area contributed by atoms with Gasteiger partial charge in [-0.3, -0.25) is 14.7 Å². The molecule has 2 amide bonds. The number of anilines is 1. The van der Waals surface area contributed by atoms with E-state index < -0.39 is 35.1 Å². The van der Waals surface area contributed by atoms with Crippen molar-refractivity contribution in [2.45, 2.75) is 31.9 Å². The number of amides is 2. The molecule has 4 rings (SSSR count). The lowest BCUT2D eigenvalue weighted by atomic mass is 10.1. The molecule has 0 spiro atoms. The third kappa shape index (κ3) is 5.67. The Hall–Kier alpha value is -4.30. The fraction of sp³-hybridized carbons (Fsp3) is 0.280. The Balaban J connectivity index is 1.46. The number of nitrogens with one attached hydrogen (secondary N) is 2. The highest BCUT2D eigenvalue weighted by Crippen LogP contribution is 2.31. The number of aromatic nitrogens is 3. The molecule has 1 aliphatic rings. The molecule has 1 aliphatic heterocycles. The number of aromatic amines is 1.